The Morgan fingerprint density at radius 3 is 2.44 bits per heavy atom. The number of pyridine rings is 1. The smallest absolute Gasteiger partial charge is 0.341 e. The Morgan fingerprint density at radius 2 is 1.79 bits per heavy atom. The standard InChI is InChI=1S/C22H21F2N5O4S/c23-22(24)34(31,32)17-4-2-1-3-16(17)21(30)29-11-9-28(10-12-29)18-8-7-15(13-25-18)19-26-20(33-27-19)14-5-6-14/h1-4,7-8,13-14,22H,5-6,9-12H2. The fraction of sp³-hybridized carbons (Fsp3) is 0.364. The molecule has 0 radical (unpaired) electrons. The van der Waals surface area contributed by atoms with E-state index in [-0.39, 0.29) is 5.56 Å². The number of rotatable bonds is 6. The average Bonchev–Trinajstić information content (AvgIpc) is 3.60. The largest absolute Gasteiger partial charge is 0.353 e. The molecule has 3 aromatic rings. The lowest BCUT2D eigenvalue weighted by atomic mass is 10.1. The summed E-state index contributed by atoms with van der Waals surface area (Å²) in [4.78, 5) is 24.6. The Morgan fingerprint density at radius 1 is 1.06 bits per heavy atom. The maximum atomic E-state index is 13.1. The minimum atomic E-state index is -4.89. The van der Waals surface area contributed by atoms with Gasteiger partial charge in [-0.05, 0) is 37.1 Å². The lowest BCUT2D eigenvalue weighted by molar-refractivity contribution is 0.0742. The van der Waals surface area contributed by atoms with E-state index < -0.39 is 26.4 Å². The Kier molecular flexibility index (Phi) is 5.76. The van der Waals surface area contributed by atoms with Gasteiger partial charge in [-0.15, -0.1) is 0 Å². The Balaban J connectivity index is 1.25. The summed E-state index contributed by atoms with van der Waals surface area (Å²) in [5, 5.41) is 4.01. The van der Waals surface area contributed by atoms with Gasteiger partial charge in [0.2, 0.25) is 21.6 Å². The monoisotopic (exact) mass is 489 g/mol. The van der Waals surface area contributed by atoms with E-state index in [4.69, 9.17) is 4.52 Å². The Hall–Kier alpha value is -3.41. The molecule has 1 saturated carbocycles. The molecule has 0 unspecified atom stereocenters. The fourth-order valence-corrected chi connectivity index (χ4v) is 4.77. The van der Waals surface area contributed by atoms with Crippen molar-refractivity contribution in [3.8, 4) is 11.4 Å². The number of carbonyl (C=O) groups excluding carboxylic acids is 1. The predicted molar refractivity (Wildman–Crippen MR) is 117 cm³/mol. The molecule has 5 rings (SSSR count). The van der Waals surface area contributed by atoms with Crippen molar-refractivity contribution in [3.05, 3.63) is 54.0 Å². The second-order valence-corrected chi connectivity index (χ2v) is 10.1. The maximum absolute atomic E-state index is 13.1. The van der Waals surface area contributed by atoms with E-state index in [1.807, 2.05) is 17.0 Å². The summed E-state index contributed by atoms with van der Waals surface area (Å²) in [5.74, 6) is -1.96. The summed E-state index contributed by atoms with van der Waals surface area (Å²) in [6.45, 7) is 1.49. The first-order chi connectivity index (χ1) is 16.3. The van der Waals surface area contributed by atoms with Gasteiger partial charge in [-0.1, -0.05) is 17.3 Å². The summed E-state index contributed by atoms with van der Waals surface area (Å²) in [6.07, 6.45) is 3.81. The number of hydrogen-bond donors (Lipinski definition) is 0. The van der Waals surface area contributed by atoms with E-state index >= 15 is 0 Å². The third kappa shape index (κ3) is 4.25. The first-order valence-corrected chi connectivity index (χ1v) is 12.3. The molecule has 178 valence electrons. The summed E-state index contributed by atoms with van der Waals surface area (Å²) in [6, 6.07) is 8.76. The van der Waals surface area contributed by atoms with Crippen molar-refractivity contribution in [3.63, 3.8) is 0 Å². The number of anilines is 1. The predicted octanol–water partition coefficient (Wildman–Crippen LogP) is 2.97. The van der Waals surface area contributed by atoms with E-state index in [0.717, 1.165) is 24.5 Å². The lowest BCUT2D eigenvalue weighted by Crippen LogP contribution is -2.49. The van der Waals surface area contributed by atoms with E-state index in [0.29, 0.717) is 49.6 Å². The van der Waals surface area contributed by atoms with Crippen molar-refractivity contribution in [1.82, 2.24) is 20.0 Å². The normalized spacial score (nSPS) is 16.8. The minimum Gasteiger partial charge on any atom is -0.353 e. The van der Waals surface area contributed by atoms with E-state index in [1.54, 1.807) is 6.20 Å². The molecule has 1 aliphatic carbocycles. The van der Waals surface area contributed by atoms with Crippen molar-refractivity contribution in [2.24, 2.45) is 0 Å². The number of nitrogens with zero attached hydrogens (tertiary/aromatic N) is 5. The van der Waals surface area contributed by atoms with E-state index in [1.165, 1.54) is 23.1 Å². The number of piperazine rings is 1. The number of alkyl halides is 2. The van der Waals surface area contributed by atoms with Crippen LogP contribution in [0.15, 0.2) is 52.0 Å². The number of benzene rings is 1. The molecule has 2 fully saturated rings. The molecule has 2 aromatic heterocycles. The number of hydrogen-bond acceptors (Lipinski definition) is 8. The second kappa shape index (κ2) is 8.75. The fourth-order valence-electron chi connectivity index (χ4n) is 3.85. The summed E-state index contributed by atoms with van der Waals surface area (Å²) in [5.41, 5.74) is 0.495. The van der Waals surface area contributed by atoms with Crippen molar-refractivity contribution >= 4 is 21.6 Å². The number of carbonyl (C=O) groups is 1. The number of amides is 1. The highest BCUT2D eigenvalue weighted by Crippen LogP contribution is 2.39. The quantitative estimate of drug-likeness (QED) is 0.520. The molecule has 3 heterocycles. The van der Waals surface area contributed by atoms with Crippen molar-refractivity contribution < 1.29 is 26.5 Å². The van der Waals surface area contributed by atoms with Crippen LogP contribution in [0.1, 0.15) is 35.0 Å². The molecule has 1 amide bonds. The van der Waals surface area contributed by atoms with Gasteiger partial charge in [0.25, 0.3) is 5.91 Å². The van der Waals surface area contributed by atoms with Crippen LogP contribution < -0.4 is 4.90 Å². The van der Waals surface area contributed by atoms with Crippen LogP contribution in [0.3, 0.4) is 0 Å². The molecule has 12 heteroatoms. The molecule has 1 aliphatic heterocycles. The molecule has 9 nitrogen and oxygen atoms in total. The van der Waals surface area contributed by atoms with Gasteiger partial charge < -0.3 is 14.3 Å². The average molecular weight is 490 g/mol. The zero-order valence-corrected chi connectivity index (χ0v) is 18.8. The van der Waals surface area contributed by atoms with Crippen LogP contribution >= 0.6 is 0 Å². The van der Waals surface area contributed by atoms with E-state index in [2.05, 4.69) is 15.1 Å². The molecular formula is C22H21F2N5O4S. The topological polar surface area (TPSA) is 110 Å². The molecule has 0 spiro atoms. The molecule has 0 atom stereocenters. The molecule has 2 aliphatic rings. The first-order valence-electron chi connectivity index (χ1n) is 10.8. The van der Waals surface area contributed by atoms with E-state index in [9.17, 15) is 22.0 Å². The maximum Gasteiger partial charge on any atom is 0.341 e. The number of sulfone groups is 1. The summed E-state index contributed by atoms with van der Waals surface area (Å²) in [7, 11) is -4.89. The third-order valence-corrected chi connectivity index (χ3v) is 7.36. The molecule has 34 heavy (non-hydrogen) atoms. The molecule has 0 N–H and O–H groups in total. The number of aromatic nitrogens is 3. The highest BCUT2D eigenvalue weighted by atomic mass is 32.2. The first kappa shape index (κ1) is 22.4. The highest BCUT2D eigenvalue weighted by molar-refractivity contribution is 7.91. The molecule has 0 bridgehead atoms. The van der Waals surface area contributed by atoms with Gasteiger partial charge in [-0.2, -0.15) is 13.8 Å². The third-order valence-electron chi connectivity index (χ3n) is 5.92. The molecular weight excluding hydrogens is 468 g/mol. The lowest BCUT2D eigenvalue weighted by Gasteiger charge is -2.35. The van der Waals surface area contributed by atoms with Crippen molar-refractivity contribution in [2.45, 2.75) is 29.4 Å². The van der Waals surface area contributed by atoms with Crippen molar-refractivity contribution in [1.29, 1.82) is 0 Å². The van der Waals surface area contributed by atoms with Crippen LogP contribution in [-0.4, -0.2) is 66.3 Å². The van der Waals surface area contributed by atoms with Gasteiger partial charge in [0, 0.05) is 43.9 Å². The SMILES string of the molecule is O=C(c1ccccc1S(=O)(=O)C(F)F)N1CCN(c2ccc(-c3noc(C4CC4)n3)cn2)CC1. The highest BCUT2D eigenvalue weighted by Gasteiger charge is 2.33. The van der Waals surface area contributed by atoms with Gasteiger partial charge in [0.1, 0.15) is 5.82 Å². The van der Waals surface area contributed by atoms with Crippen LogP contribution in [0.25, 0.3) is 11.4 Å². The zero-order valence-electron chi connectivity index (χ0n) is 18.0. The van der Waals surface area contributed by atoms with Crippen LogP contribution in [0.5, 0.6) is 0 Å². The Bertz CT molecular complexity index is 1300. The number of halogens is 2. The van der Waals surface area contributed by atoms with Gasteiger partial charge in [0.05, 0.1) is 10.5 Å². The summed E-state index contributed by atoms with van der Waals surface area (Å²) < 4.78 is 55.4. The molecule has 1 aromatic carbocycles. The molecule has 1 saturated heterocycles. The summed E-state index contributed by atoms with van der Waals surface area (Å²) >= 11 is 0. The van der Waals surface area contributed by atoms with Crippen LogP contribution in [0.2, 0.25) is 0 Å². The van der Waals surface area contributed by atoms with Crippen LogP contribution in [0.4, 0.5) is 14.6 Å². The Labute approximate surface area is 194 Å². The van der Waals surface area contributed by atoms with Gasteiger partial charge >= 0.3 is 5.76 Å². The van der Waals surface area contributed by atoms with Crippen LogP contribution in [-0.2, 0) is 9.84 Å². The van der Waals surface area contributed by atoms with Gasteiger partial charge in [-0.25, -0.2) is 13.4 Å². The van der Waals surface area contributed by atoms with Crippen molar-refractivity contribution in [2.75, 3.05) is 31.1 Å². The minimum absolute atomic E-state index is 0.246. The van der Waals surface area contributed by atoms with Crippen LogP contribution in [0, 0.1) is 0 Å². The zero-order chi connectivity index (χ0) is 23.9. The second-order valence-electron chi connectivity index (χ2n) is 8.22. The van der Waals surface area contributed by atoms with Gasteiger partial charge in [-0.3, -0.25) is 4.79 Å². The van der Waals surface area contributed by atoms with Gasteiger partial charge in [0.15, 0.2) is 0 Å².